The van der Waals surface area contributed by atoms with Gasteiger partial charge in [0.05, 0.1) is 12.1 Å². The fourth-order valence-electron chi connectivity index (χ4n) is 3.02. The van der Waals surface area contributed by atoms with Gasteiger partial charge < -0.3 is 15.0 Å². The first kappa shape index (κ1) is 16.3. The number of hydrogen-bond acceptors (Lipinski definition) is 3. The first-order valence-corrected chi connectivity index (χ1v) is 8.39. The van der Waals surface area contributed by atoms with E-state index in [1.54, 1.807) is 12.3 Å². The zero-order valence-corrected chi connectivity index (χ0v) is 14.1. The number of aromatic nitrogens is 1. The van der Waals surface area contributed by atoms with Gasteiger partial charge in [0.15, 0.2) is 0 Å². The van der Waals surface area contributed by atoms with E-state index in [0.717, 1.165) is 19.4 Å². The Balaban J connectivity index is 1.75. The molecule has 0 aliphatic carbocycles. The number of pyridine rings is 1. The van der Waals surface area contributed by atoms with Crippen LogP contribution in [0.1, 0.15) is 38.3 Å². The highest BCUT2D eigenvalue weighted by Gasteiger charge is 2.30. The van der Waals surface area contributed by atoms with Crippen molar-refractivity contribution in [1.82, 2.24) is 9.88 Å². The molecule has 1 aliphatic rings. The molecule has 3 rings (SSSR count). The molecule has 2 aromatic rings. The van der Waals surface area contributed by atoms with Gasteiger partial charge in [-0.1, -0.05) is 30.3 Å². The van der Waals surface area contributed by atoms with E-state index in [1.807, 2.05) is 43.0 Å². The molecule has 126 valence electrons. The van der Waals surface area contributed by atoms with Crippen LogP contribution in [0.2, 0.25) is 0 Å². The molecular weight excluding hydrogens is 302 g/mol. The topological polar surface area (TPSA) is 54.5 Å². The lowest BCUT2D eigenvalue weighted by Gasteiger charge is -2.25. The number of anilines is 1. The predicted molar refractivity (Wildman–Crippen MR) is 94.1 cm³/mol. The second-order valence-electron chi connectivity index (χ2n) is 6.21. The van der Waals surface area contributed by atoms with Gasteiger partial charge in [-0.2, -0.15) is 0 Å². The molecule has 0 spiro atoms. The van der Waals surface area contributed by atoms with Gasteiger partial charge in [0.25, 0.3) is 0 Å². The monoisotopic (exact) mass is 325 g/mol. The molecule has 1 N–H and O–H groups in total. The van der Waals surface area contributed by atoms with Gasteiger partial charge in [0.2, 0.25) is 5.88 Å². The van der Waals surface area contributed by atoms with Crippen LogP contribution in [0.3, 0.4) is 0 Å². The van der Waals surface area contributed by atoms with Crippen molar-refractivity contribution in [2.45, 2.75) is 38.8 Å². The van der Waals surface area contributed by atoms with E-state index in [-0.39, 0.29) is 18.2 Å². The van der Waals surface area contributed by atoms with Crippen molar-refractivity contribution in [3.05, 3.63) is 54.2 Å². The van der Waals surface area contributed by atoms with E-state index < -0.39 is 0 Å². The van der Waals surface area contributed by atoms with Crippen LogP contribution < -0.4 is 10.1 Å². The maximum Gasteiger partial charge on any atom is 0.322 e. The number of rotatable bonds is 4. The highest BCUT2D eigenvalue weighted by atomic mass is 16.5. The van der Waals surface area contributed by atoms with Gasteiger partial charge in [0, 0.05) is 12.7 Å². The minimum Gasteiger partial charge on any atom is -0.473 e. The Kier molecular flexibility index (Phi) is 4.99. The number of urea groups is 1. The third-order valence-corrected chi connectivity index (χ3v) is 4.06. The molecule has 1 saturated heterocycles. The SMILES string of the molecule is CC(C)Oc1ncccc1NC(=O)N1CCCC1c1ccccc1. The largest absolute Gasteiger partial charge is 0.473 e. The molecule has 5 heteroatoms. The first-order valence-electron chi connectivity index (χ1n) is 8.39. The smallest absolute Gasteiger partial charge is 0.322 e. The van der Waals surface area contributed by atoms with E-state index in [9.17, 15) is 4.79 Å². The molecule has 2 amide bonds. The predicted octanol–water partition coefficient (Wildman–Crippen LogP) is 4.24. The molecule has 1 fully saturated rings. The van der Waals surface area contributed by atoms with Gasteiger partial charge >= 0.3 is 6.03 Å². The van der Waals surface area contributed by atoms with E-state index in [0.29, 0.717) is 11.6 Å². The quantitative estimate of drug-likeness (QED) is 0.915. The third kappa shape index (κ3) is 3.67. The van der Waals surface area contributed by atoms with Crippen LogP contribution in [0.4, 0.5) is 10.5 Å². The summed E-state index contributed by atoms with van der Waals surface area (Å²) in [7, 11) is 0. The number of benzene rings is 1. The van der Waals surface area contributed by atoms with Crippen LogP contribution in [0.25, 0.3) is 0 Å². The molecule has 5 nitrogen and oxygen atoms in total. The van der Waals surface area contributed by atoms with Crippen molar-refractivity contribution >= 4 is 11.7 Å². The second kappa shape index (κ2) is 7.34. The minimum atomic E-state index is -0.108. The van der Waals surface area contributed by atoms with Crippen LogP contribution >= 0.6 is 0 Å². The number of amides is 2. The highest BCUT2D eigenvalue weighted by Crippen LogP contribution is 2.33. The summed E-state index contributed by atoms with van der Waals surface area (Å²) < 4.78 is 5.68. The summed E-state index contributed by atoms with van der Waals surface area (Å²) in [6.07, 6.45) is 3.66. The molecule has 2 heterocycles. The van der Waals surface area contributed by atoms with Crippen molar-refractivity contribution in [3.63, 3.8) is 0 Å². The molecule has 1 aromatic heterocycles. The summed E-state index contributed by atoms with van der Waals surface area (Å²) in [5, 5.41) is 2.96. The Bertz CT molecular complexity index is 688. The van der Waals surface area contributed by atoms with Crippen LogP contribution in [-0.2, 0) is 0 Å². The van der Waals surface area contributed by atoms with Crippen molar-refractivity contribution in [3.8, 4) is 5.88 Å². The molecule has 1 aliphatic heterocycles. The summed E-state index contributed by atoms with van der Waals surface area (Å²) in [6, 6.07) is 13.8. The van der Waals surface area contributed by atoms with Crippen molar-refractivity contribution < 1.29 is 9.53 Å². The molecule has 0 saturated carbocycles. The summed E-state index contributed by atoms with van der Waals surface area (Å²) in [5.74, 6) is 0.455. The number of hydrogen-bond donors (Lipinski definition) is 1. The van der Waals surface area contributed by atoms with Gasteiger partial charge in [0.1, 0.15) is 5.69 Å². The van der Waals surface area contributed by atoms with E-state index in [1.165, 1.54) is 5.56 Å². The van der Waals surface area contributed by atoms with Gasteiger partial charge in [-0.05, 0) is 44.4 Å². The molecule has 1 atom stereocenters. The number of carbonyl (C=O) groups is 1. The Morgan fingerprint density at radius 3 is 2.79 bits per heavy atom. The van der Waals surface area contributed by atoms with Crippen LogP contribution in [-0.4, -0.2) is 28.6 Å². The zero-order valence-electron chi connectivity index (χ0n) is 14.1. The molecule has 0 bridgehead atoms. The number of ether oxygens (including phenoxy) is 1. The fourth-order valence-corrected chi connectivity index (χ4v) is 3.02. The number of nitrogens with zero attached hydrogens (tertiary/aromatic N) is 2. The van der Waals surface area contributed by atoms with Crippen molar-refractivity contribution in [2.75, 3.05) is 11.9 Å². The number of likely N-dealkylation sites (tertiary alicyclic amines) is 1. The fraction of sp³-hybridized carbons (Fsp3) is 0.368. The molecule has 1 aromatic carbocycles. The van der Waals surface area contributed by atoms with E-state index >= 15 is 0 Å². The third-order valence-electron chi connectivity index (χ3n) is 4.06. The lowest BCUT2D eigenvalue weighted by Crippen LogP contribution is -2.34. The van der Waals surface area contributed by atoms with Crippen LogP contribution in [0.5, 0.6) is 5.88 Å². The van der Waals surface area contributed by atoms with Gasteiger partial charge in [-0.25, -0.2) is 9.78 Å². The summed E-state index contributed by atoms with van der Waals surface area (Å²) in [5.41, 5.74) is 1.78. The van der Waals surface area contributed by atoms with Crippen LogP contribution in [0.15, 0.2) is 48.7 Å². The maximum absolute atomic E-state index is 12.8. The van der Waals surface area contributed by atoms with Crippen molar-refractivity contribution in [2.24, 2.45) is 0 Å². The lowest BCUT2D eigenvalue weighted by molar-refractivity contribution is 0.206. The minimum absolute atomic E-state index is 0.000550. The lowest BCUT2D eigenvalue weighted by atomic mass is 10.1. The van der Waals surface area contributed by atoms with Gasteiger partial charge in [-0.15, -0.1) is 0 Å². The Hall–Kier alpha value is -2.56. The zero-order chi connectivity index (χ0) is 16.9. The average molecular weight is 325 g/mol. The average Bonchev–Trinajstić information content (AvgIpc) is 3.07. The van der Waals surface area contributed by atoms with Crippen molar-refractivity contribution in [1.29, 1.82) is 0 Å². The standard InChI is InChI=1S/C19H23N3O2/c1-14(2)24-18-16(10-6-12-20-18)21-19(23)22-13-7-11-17(22)15-8-4-3-5-9-15/h3-6,8-10,12,14,17H,7,11,13H2,1-2H3,(H,21,23). The molecule has 0 radical (unpaired) electrons. The second-order valence-corrected chi connectivity index (χ2v) is 6.21. The maximum atomic E-state index is 12.8. The van der Waals surface area contributed by atoms with Crippen LogP contribution in [0, 0.1) is 0 Å². The molecular formula is C19H23N3O2. The molecule has 24 heavy (non-hydrogen) atoms. The Morgan fingerprint density at radius 2 is 2.04 bits per heavy atom. The number of carbonyl (C=O) groups excluding carboxylic acids is 1. The summed E-state index contributed by atoms with van der Waals surface area (Å²) in [6.45, 7) is 4.63. The Labute approximate surface area is 142 Å². The van der Waals surface area contributed by atoms with E-state index in [4.69, 9.17) is 4.74 Å². The number of nitrogens with one attached hydrogen (secondary N) is 1. The Morgan fingerprint density at radius 1 is 1.25 bits per heavy atom. The summed E-state index contributed by atoms with van der Waals surface area (Å²) in [4.78, 5) is 18.9. The van der Waals surface area contributed by atoms with E-state index in [2.05, 4.69) is 22.4 Å². The molecule has 1 unspecified atom stereocenters. The summed E-state index contributed by atoms with van der Waals surface area (Å²) >= 11 is 0. The van der Waals surface area contributed by atoms with Gasteiger partial charge in [-0.3, -0.25) is 0 Å². The first-order chi connectivity index (χ1) is 11.6. The normalized spacial score (nSPS) is 17.1. The highest BCUT2D eigenvalue weighted by molar-refractivity contribution is 5.91.